The number of hydrogen-bond donors (Lipinski definition) is 1. The third-order valence-corrected chi connectivity index (χ3v) is 2.62. The molecule has 0 bridgehead atoms. The van der Waals surface area contributed by atoms with Crippen molar-refractivity contribution in [3.8, 4) is 11.8 Å². The topological polar surface area (TPSA) is 70.3 Å². The lowest BCUT2D eigenvalue weighted by molar-refractivity contribution is 0.230. The van der Waals surface area contributed by atoms with E-state index in [0.717, 1.165) is 12.3 Å². The van der Waals surface area contributed by atoms with Crippen molar-refractivity contribution in [2.24, 2.45) is 5.92 Å². The van der Waals surface area contributed by atoms with Gasteiger partial charge in [-0.3, -0.25) is 0 Å². The van der Waals surface area contributed by atoms with Gasteiger partial charge in [-0.05, 0) is 26.2 Å². The number of nitrogen functional groups attached to an aromatic ring is 1. The zero-order valence-corrected chi connectivity index (χ0v) is 10.3. The molecule has 0 radical (unpaired) electrons. The highest BCUT2D eigenvalue weighted by Gasteiger charge is 2.21. The molecule has 0 amide bonds. The van der Waals surface area contributed by atoms with E-state index in [1.54, 1.807) is 0 Å². The summed E-state index contributed by atoms with van der Waals surface area (Å²) in [6.45, 7) is 4.51. The second-order valence-corrected chi connectivity index (χ2v) is 4.64. The molecular formula is C12H19N3O2. The number of hydrogen-bond acceptors (Lipinski definition) is 5. The second-order valence-electron chi connectivity index (χ2n) is 4.64. The van der Waals surface area contributed by atoms with Gasteiger partial charge in [-0.15, -0.1) is 0 Å². The van der Waals surface area contributed by atoms with Crippen LogP contribution in [0, 0.1) is 5.92 Å². The lowest BCUT2D eigenvalue weighted by Crippen LogP contribution is -2.11. The normalized spacial score (nSPS) is 15.0. The van der Waals surface area contributed by atoms with Crippen molar-refractivity contribution in [1.82, 2.24) is 9.97 Å². The van der Waals surface area contributed by atoms with Gasteiger partial charge in [-0.2, -0.15) is 9.97 Å². The average molecular weight is 237 g/mol. The Kier molecular flexibility index (Phi) is 3.66. The van der Waals surface area contributed by atoms with Crippen molar-refractivity contribution in [2.75, 3.05) is 12.3 Å². The van der Waals surface area contributed by atoms with Crippen LogP contribution in [0.25, 0.3) is 0 Å². The van der Waals surface area contributed by atoms with Gasteiger partial charge in [0, 0.05) is 0 Å². The molecule has 0 aliphatic heterocycles. The molecule has 2 rings (SSSR count). The van der Waals surface area contributed by atoms with E-state index >= 15 is 0 Å². The Morgan fingerprint density at radius 2 is 2.06 bits per heavy atom. The zero-order chi connectivity index (χ0) is 12.3. The van der Waals surface area contributed by atoms with Crippen molar-refractivity contribution in [1.29, 1.82) is 0 Å². The molecule has 1 fully saturated rings. The number of anilines is 1. The molecule has 5 nitrogen and oxygen atoms in total. The number of rotatable bonds is 6. The maximum Gasteiger partial charge on any atom is 0.244 e. The molecule has 0 spiro atoms. The average Bonchev–Trinajstić information content (AvgIpc) is 3.07. The summed E-state index contributed by atoms with van der Waals surface area (Å²) < 4.78 is 11.0. The van der Waals surface area contributed by atoms with Gasteiger partial charge < -0.3 is 15.2 Å². The Balaban J connectivity index is 1.95. The van der Waals surface area contributed by atoms with Gasteiger partial charge in [0.25, 0.3) is 0 Å². The number of nitrogens with zero attached hydrogens (tertiary/aromatic N) is 2. The first-order chi connectivity index (χ1) is 8.16. The minimum atomic E-state index is 0.0338. The highest BCUT2D eigenvalue weighted by Crippen LogP contribution is 2.33. The Hall–Kier alpha value is -1.52. The summed E-state index contributed by atoms with van der Waals surface area (Å²) >= 11 is 0. The van der Waals surface area contributed by atoms with Gasteiger partial charge >= 0.3 is 0 Å². The Morgan fingerprint density at radius 3 is 2.71 bits per heavy atom. The van der Waals surface area contributed by atoms with Crippen molar-refractivity contribution in [3.05, 3.63) is 6.33 Å². The van der Waals surface area contributed by atoms with Crippen molar-refractivity contribution in [2.45, 2.75) is 39.2 Å². The van der Waals surface area contributed by atoms with Crippen LogP contribution in [-0.2, 0) is 0 Å². The lowest BCUT2D eigenvalue weighted by atomic mass is 10.3. The van der Waals surface area contributed by atoms with Gasteiger partial charge in [-0.25, -0.2) is 0 Å². The molecule has 1 aliphatic rings. The first-order valence-corrected chi connectivity index (χ1v) is 6.06. The number of aromatic nitrogens is 2. The number of nitrogens with two attached hydrogens (primary N) is 1. The third kappa shape index (κ3) is 3.47. The van der Waals surface area contributed by atoms with E-state index < -0.39 is 0 Å². The smallest absolute Gasteiger partial charge is 0.244 e. The Labute approximate surface area is 101 Å². The molecule has 1 saturated carbocycles. The molecule has 17 heavy (non-hydrogen) atoms. The van der Waals surface area contributed by atoms with Crippen LogP contribution in [0.3, 0.4) is 0 Å². The standard InChI is InChI=1S/C12H19N3O2/c1-8(2)17-12-10(13)11(14-7-15-12)16-6-5-9-3-4-9/h7-9H,3-6,13H2,1-2H3. The van der Waals surface area contributed by atoms with E-state index in [0.29, 0.717) is 24.1 Å². The first kappa shape index (κ1) is 12.0. The van der Waals surface area contributed by atoms with E-state index in [2.05, 4.69) is 9.97 Å². The highest BCUT2D eigenvalue weighted by molar-refractivity contribution is 5.55. The van der Waals surface area contributed by atoms with Gasteiger partial charge in [-0.1, -0.05) is 12.8 Å². The predicted octanol–water partition coefficient (Wildman–Crippen LogP) is 2.02. The van der Waals surface area contributed by atoms with Crippen molar-refractivity contribution in [3.63, 3.8) is 0 Å². The monoisotopic (exact) mass is 237 g/mol. The fourth-order valence-corrected chi connectivity index (χ4v) is 1.53. The van der Waals surface area contributed by atoms with Crippen LogP contribution in [0.5, 0.6) is 11.8 Å². The minimum absolute atomic E-state index is 0.0338. The summed E-state index contributed by atoms with van der Waals surface area (Å²) in [5, 5.41) is 0. The van der Waals surface area contributed by atoms with Crippen LogP contribution in [0.15, 0.2) is 6.33 Å². The molecule has 2 N–H and O–H groups in total. The van der Waals surface area contributed by atoms with Gasteiger partial charge in [0.1, 0.15) is 6.33 Å². The van der Waals surface area contributed by atoms with Crippen LogP contribution in [0.2, 0.25) is 0 Å². The predicted molar refractivity (Wildman–Crippen MR) is 65.0 cm³/mol. The van der Waals surface area contributed by atoms with Crippen molar-refractivity contribution >= 4 is 5.69 Å². The van der Waals surface area contributed by atoms with Crippen LogP contribution in [-0.4, -0.2) is 22.7 Å². The maximum atomic E-state index is 5.89. The highest BCUT2D eigenvalue weighted by atomic mass is 16.5. The first-order valence-electron chi connectivity index (χ1n) is 6.06. The molecule has 0 saturated heterocycles. The minimum Gasteiger partial charge on any atom is -0.476 e. The fourth-order valence-electron chi connectivity index (χ4n) is 1.53. The molecule has 5 heteroatoms. The Morgan fingerprint density at radius 1 is 1.35 bits per heavy atom. The number of ether oxygens (including phenoxy) is 2. The summed E-state index contributed by atoms with van der Waals surface area (Å²) in [6, 6.07) is 0. The third-order valence-electron chi connectivity index (χ3n) is 2.62. The SMILES string of the molecule is CC(C)Oc1ncnc(OCCC2CC2)c1N. The van der Waals surface area contributed by atoms with E-state index in [-0.39, 0.29) is 6.10 Å². The van der Waals surface area contributed by atoms with E-state index in [1.165, 1.54) is 19.2 Å². The van der Waals surface area contributed by atoms with Crippen LogP contribution >= 0.6 is 0 Å². The largest absolute Gasteiger partial charge is 0.476 e. The van der Waals surface area contributed by atoms with Gasteiger partial charge in [0.15, 0.2) is 5.69 Å². The molecule has 1 heterocycles. The van der Waals surface area contributed by atoms with Crippen LogP contribution < -0.4 is 15.2 Å². The lowest BCUT2D eigenvalue weighted by Gasteiger charge is -2.12. The van der Waals surface area contributed by atoms with E-state index in [4.69, 9.17) is 15.2 Å². The molecule has 1 aromatic rings. The summed E-state index contributed by atoms with van der Waals surface area (Å²) in [4.78, 5) is 8.02. The zero-order valence-electron chi connectivity index (χ0n) is 10.3. The van der Waals surface area contributed by atoms with Crippen LogP contribution in [0.4, 0.5) is 5.69 Å². The molecule has 0 atom stereocenters. The van der Waals surface area contributed by atoms with E-state index in [1.807, 2.05) is 13.8 Å². The summed E-state index contributed by atoms with van der Waals surface area (Å²) in [5.41, 5.74) is 6.28. The molecular weight excluding hydrogens is 218 g/mol. The molecule has 1 aliphatic carbocycles. The fraction of sp³-hybridized carbons (Fsp3) is 0.667. The summed E-state index contributed by atoms with van der Waals surface area (Å²) in [5.74, 6) is 1.66. The molecule has 0 unspecified atom stereocenters. The molecule has 94 valence electrons. The van der Waals surface area contributed by atoms with Crippen LogP contribution in [0.1, 0.15) is 33.1 Å². The Bertz CT molecular complexity index is 378. The summed E-state index contributed by atoms with van der Waals surface area (Å²) in [6.07, 6.45) is 5.17. The maximum absolute atomic E-state index is 5.89. The van der Waals surface area contributed by atoms with E-state index in [9.17, 15) is 0 Å². The second kappa shape index (κ2) is 5.21. The molecule has 1 aromatic heterocycles. The van der Waals surface area contributed by atoms with Gasteiger partial charge in [0.05, 0.1) is 12.7 Å². The van der Waals surface area contributed by atoms with Crippen molar-refractivity contribution < 1.29 is 9.47 Å². The molecule has 0 aromatic carbocycles. The van der Waals surface area contributed by atoms with Gasteiger partial charge in [0.2, 0.25) is 11.8 Å². The quantitative estimate of drug-likeness (QED) is 0.819. The summed E-state index contributed by atoms with van der Waals surface area (Å²) in [7, 11) is 0.